The summed E-state index contributed by atoms with van der Waals surface area (Å²) in [6.45, 7) is 3.45. The molecule has 0 bridgehead atoms. The van der Waals surface area contributed by atoms with Gasteiger partial charge < -0.3 is 25.2 Å². The van der Waals surface area contributed by atoms with Crippen LogP contribution in [0.25, 0.3) is 0 Å². The zero-order valence-corrected chi connectivity index (χ0v) is 33.5. The van der Waals surface area contributed by atoms with E-state index < -0.39 is 38.6 Å². The van der Waals surface area contributed by atoms with Crippen molar-refractivity contribution < 1.29 is 42.7 Å². The van der Waals surface area contributed by atoms with Crippen LogP contribution >= 0.6 is 7.82 Å². The number of aliphatic hydroxyl groups is 1. The molecule has 0 radical (unpaired) electrons. The Labute approximate surface area is 316 Å². The third kappa shape index (κ3) is 36.3. The lowest BCUT2D eigenvalue weighted by atomic mass is 10.1. The van der Waals surface area contributed by atoms with Crippen molar-refractivity contribution in [3.8, 4) is 0 Å². The lowest BCUT2D eigenvalue weighted by Crippen LogP contribution is -2.29. The molecular formula is C41H74NO9P. The lowest BCUT2D eigenvalue weighted by Gasteiger charge is -2.19. The van der Waals surface area contributed by atoms with Crippen LogP contribution in [0.3, 0.4) is 0 Å². The molecule has 52 heavy (non-hydrogen) atoms. The monoisotopic (exact) mass is 756 g/mol. The molecule has 0 heterocycles. The minimum absolute atomic E-state index is 0.0385. The Bertz CT molecular complexity index is 1010. The van der Waals surface area contributed by atoms with Gasteiger partial charge in [0.15, 0.2) is 6.10 Å². The van der Waals surface area contributed by atoms with Gasteiger partial charge in [0.2, 0.25) is 0 Å². The Morgan fingerprint density at radius 2 is 1.23 bits per heavy atom. The van der Waals surface area contributed by atoms with Crippen molar-refractivity contribution in [3.63, 3.8) is 0 Å². The zero-order chi connectivity index (χ0) is 38.4. The predicted molar refractivity (Wildman–Crippen MR) is 212 cm³/mol. The summed E-state index contributed by atoms with van der Waals surface area (Å²) < 4.78 is 32.6. The van der Waals surface area contributed by atoms with Crippen LogP contribution in [0.4, 0.5) is 0 Å². The number of nitrogens with two attached hydrogens (primary N) is 1. The smallest absolute Gasteiger partial charge is 0.462 e. The number of phosphoric ester groups is 1. The largest absolute Gasteiger partial charge is 0.472 e. The molecule has 11 heteroatoms. The van der Waals surface area contributed by atoms with Gasteiger partial charge in [-0.05, 0) is 64.2 Å². The average molecular weight is 756 g/mol. The number of esters is 2. The van der Waals surface area contributed by atoms with E-state index >= 15 is 0 Å². The molecule has 10 nitrogen and oxygen atoms in total. The third-order valence-corrected chi connectivity index (χ3v) is 9.26. The summed E-state index contributed by atoms with van der Waals surface area (Å²) in [6, 6.07) is 0. The second-order valence-corrected chi connectivity index (χ2v) is 14.8. The van der Waals surface area contributed by atoms with Gasteiger partial charge in [-0.1, -0.05) is 133 Å². The van der Waals surface area contributed by atoms with Crippen LogP contribution < -0.4 is 5.73 Å². The van der Waals surface area contributed by atoms with E-state index in [1.165, 1.54) is 44.9 Å². The Balaban J connectivity index is 4.28. The summed E-state index contributed by atoms with van der Waals surface area (Å²) in [5.41, 5.74) is 5.33. The van der Waals surface area contributed by atoms with E-state index in [9.17, 15) is 24.2 Å². The van der Waals surface area contributed by atoms with Gasteiger partial charge in [-0.15, -0.1) is 0 Å². The highest BCUT2D eigenvalue weighted by atomic mass is 31.2. The molecule has 0 aliphatic carbocycles. The molecule has 0 rings (SSSR count). The number of phosphoric acid groups is 1. The van der Waals surface area contributed by atoms with Crippen LogP contribution in [0.1, 0.15) is 162 Å². The van der Waals surface area contributed by atoms with E-state index in [0.29, 0.717) is 19.3 Å². The fourth-order valence-corrected chi connectivity index (χ4v) is 6.02. The summed E-state index contributed by atoms with van der Waals surface area (Å²) in [6.07, 6.45) is 37.5. The number of hydrogen-bond donors (Lipinski definition) is 3. The Hall–Kier alpha value is -2.07. The summed E-state index contributed by atoms with van der Waals surface area (Å²) in [5.74, 6) is -0.895. The van der Waals surface area contributed by atoms with Gasteiger partial charge in [0.05, 0.1) is 19.3 Å². The van der Waals surface area contributed by atoms with E-state index in [-0.39, 0.29) is 32.6 Å². The highest BCUT2D eigenvalue weighted by Gasteiger charge is 2.26. The molecule has 302 valence electrons. The predicted octanol–water partition coefficient (Wildman–Crippen LogP) is 10.1. The second kappa shape index (κ2) is 37.3. The normalized spacial score (nSPS) is 14.5. The van der Waals surface area contributed by atoms with Crippen molar-refractivity contribution in [3.05, 3.63) is 48.6 Å². The number of carbonyl (C=O) groups excluding carboxylic acids is 2. The molecule has 0 aliphatic rings. The molecule has 0 aliphatic heterocycles. The standard InChI is InChI=1S/C41H74NO9P/c1-3-5-7-8-9-10-11-12-13-14-15-18-21-24-28-32-40(44)48-36-39(37-50-52(46,47)49-35-34-42)51-41(45)33-29-25-22-19-16-17-20-23-27-31-38(43)30-26-6-4-2/h6,12-13,20,23,26-27,31,38-39,43H,3-5,7-11,14-19,21-22,24-25,28-30,32-37,42H2,1-2H3,(H,46,47)/b13-12-,23-20+,26-6+,31-27+. The van der Waals surface area contributed by atoms with Crippen LogP contribution in [0.5, 0.6) is 0 Å². The Morgan fingerprint density at radius 3 is 1.83 bits per heavy atom. The van der Waals surface area contributed by atoms with E-state index in [0.717, 1.165) is 70.6 Å². The summed E-state index contributed by atoms with van der Waals surface area (Å²) >= 11 is 0. The van der Waals surface area contributed by atoms with Crippen LogP contribution in [-0.2, 0) is 32.7 Å². The summed E-state index contributed by atoms with van der Waals surface area (Å²) in [4.78, 5) is 34.8. The number of carbonyl (C=O) groups is 2. The first kappa shape index (κ1) is 49.9. The molecule has 0 saturated heterocycles. The highest BCUT2D eigenvalue weighted by molar-refractivity contribution is 7.47. The maximum atomic E-state index is 12.5. The van der Waals surface area contributed by atoms with Gasteiger partial charge in [-0.3, -0.25) is 18.6 Å². The van der Waals surface area contributed by atoms with Crippen molar-refractivity contribution in [1.82, 2.24) is 0 Å². The van der Waals surface area contributed by atoms with Crippen molar-refractivity contribution in [1.29, 1.82) is 0 Å². The van der Waals surface area contributed by atoms with Gasteiger partial charge in [-0.2, -0.15) is 0 Å². The molecule has 0 aromatic carbocycles. The third-order valence-electron chi connectivity index (χ3n) is 8.28. The average Bonchev–Trinajstić information content (AvgIpc) is 3.12. The lowest BCUT2D eigenvalue weighted by molar-refractivity contribution is -0.161. The molecule has 3 atom stereocenters. The molecule has 0 spiro atoms. The second-order valence-electron chi connectivity index (χ2n) is 13.3. The minimum Gasteiger partial charge on any atom is -0.462 e. The van der Waals surface area contributed by atoms with Crippen LogP contribution in [0.2, 0.25) is 0 Å². The molecule has 4 N–H and O–H groups in total. The Kier molecular flexibility index (Phi) is 35.8. The molecule has 0 amide bonds. The molecule has 0 aromatic rings. The van der Waals surface area contributed by atoms with Crippen molar-refractivity contribution in [2.24, 2.45) is 5.73 Å². The fraction of sp³-hybridized carbons (Fsp3) is 0.756. The van der Waals surface area contributed by atoms with Crippen molar-refractivity contribution in [2.45, 2.75) is 174 Å². The van der Waals surface area contributed by atoms with Crippen LogP contribution in [0.15, 0.2) is 48.6 Å². The van der Waals surface area contributed by atoms with Gasteiger partial charge >= 0.3 is 19.8 Å². The first-order valence-corrected chi connectivity index (χ1v) is 21.7. The molecule has 0 fully saturated rings. The van der Waals surface area contributed by atoms with Crippen molar-refractivity contribution in [2.75, 3.05) is 26.4 Å². The van der Waals surface area contributed by atoms with E-state index in [1.54, 1.807) is 6.08 Å². The first-order chi connectivity index (χ1) is 25.2. The zero-order valence-electron chi connectivity index (χ0n) is 32.6. The van der Waals surface area contributed by atoms with Crippen LogP contribution in [0, 0.1) is 0 Å². The highest BCUT2D eigenvalue weighted by Crippen LogP contribution is 2.43. The summed E-state index contributed by atoms with van der Waals surface area (Å²) in [5, 5.41) is 9.86. The topological polar surface area (TPSA) is 155 Å². The SMILES string of the molecule is CC/C=C/CC(O)/C=C/C=C/CCCCCCCC(=O)OC(COC(=O)CCCCCCC/C=C\CCCCCCCC)COP(=O)(O)OCCN. The van der Waals surface area contributed by atoms with Crippen molar-refractivity contribution >= 4 is 19.8 Å². The molecular weight excluding hydrogens is 681 g/mol. The van der Waals surface area contributed by atoms with E-state index in [4.69, 9.17) is 24.3 Å². The maximum absolute atomic E-state index is 12.5. The van der Waals surface area contributed by atoms with E-state index in [1.807, 2.05) is 24.3 Å². The number of unbranched alkanes of at least 4 members (excludes halogenated alkanes) is 16. The number of ether oxygens (including phenoxy) is 2. The number of hydrogen-bond acceptors (Lipinski definition) is 9. The Morgan fingerprint density at radius 1 is 0.673 bits per heavy atom. The number of rotatable bonds is 37. The van der Waals surface area contributed by atoms with Crippen LogP contribution in [-0.4, -0.2) is 60.5 Å². The number of aliphatic hydroxyl groups excluding tert-OH is 1. The minimum atomic E-state index is -4.39. The quantitative estimate of drug-likeness (QED) is 0.0183. The van der Waals surface area contributed by atoms with Gasteiger partial charge in [-0.25, -0.2) is 4.57 Å². The molecule has 3 unspecified atom stereocenters. The maximum Gasteiger partial charge on any atom is 0.472 e. The van der Waals surface area contributed by atoms with Gasteiger partial charge in [0, 0.05) is 19.4 Å². The fourth-order valence-electron chi connectivity index (χ4n) is 5.25. The number of allylic oxidation sites excluding steroid dienone is 6. The molecule has 0 saturated carbocycles. The van der Waals surface area contributed by atoms with Gasteiger partial charge in [0.25, 0.3) is 0 Å². The summed E-state index contributed by atoms with van der Waals surface area (Å²) in [7, 11) is -4.39. The van der Waals surface area contributed by atoms with E-state index in [2.05, 4.69) is 32.1 Å². The van der Waals surface area contributed by atoms with Gasteiger partial charge in [0.1, 0.15) is 6.61 Å². The molecule has 0 aromatic heterocycles. The first-order valence-electron chi connectivity index (χ1n) is 20.2.